The second-order valence-electron chi connectivity index (χ2n) is 12.5. The van der Waals surface area contributed by atoms with E-state index in [9.17, 15) is 13.2 Å². The molecule has 1 aliphatic heterocycles. The highest BCUT2D eigenvalue weighted by Crippen LogP contribution is 2.37. The smallest absolute Gasteiger partial charge is 0.264 e. The summed E-state index contributed by atoms with van der Waals surface area (Å²) in [6.45, 7) is 18.9. The van der Waals surface area contributed by atoms with Crippen LogP contribution in [-0.2, 0) is 14.8 Å². The molecule has 1 aromatic heterocycles. The molecular weight excluding hydrogens is 576 g/mol. The molecule has 1 amide bonds. The zero-order valence-corrected chi connectivity index (χ0v) is 28.0. The van der Waals surface area contributed by atoms with E-state index < -0.39 is 10.0 Å². The normalized spacial score (nSPS) is 20.8. The standard InChI is InChI=1S/C31H38N4O4S.C2H6.CH2O.H2/c1-19-13-23(14-19)35-24(17-31(4,5)6)18-39-27-16-26(28-20(2)9-7-10-21(28)3)32-30(33-27)34-40(37,38)25-12-8-11-22(15-25)29(35)36;2*1-2;/h7-12,15-16,19,23-24H,13-14,17-18H2,1-6H3,(H,32,33,34);1-2H3;1H2;1H/t19?,23?,24-;;;/m1.../s1. The Labute approximate surface area is 264 Å². The lowest BCUT2D eigenvalue weighted by Crippen LogP contribution is -2.55. The van der Waals surface area contributed by atoms with Crippen LogP contribution in [0.3, 0.4) is 0 Å². The van der Waals surface area contributed by atoms with Crippen LogP contribution in [0.25, 0.3) is 11.3 Å². The van der Waals surface area contributed by atoms with Crippen molar-refractivity contribution in [2.75, 3.05) is 11.3 Å². The number of aryl methyl sites for hydroxylation is 2. The van der Waals surface area contributed by atoms with Crippen molar-refractivity contribution < 1.29 is 24.2 Å². The van der Waals surface area contributed by atoms with Crippen LogP contribution in [0.4, 0.5) is 5.95 Å². The van der Waals surface area contributed by atoms with Gasteiger partial charge in [-0.25, -0.2) is 18.1 Å². The first-order valence-electron chi connectivity index (χ1n) is 15.1. The topological polar surface area (TPSA) is 119 Å². The molecule has 3 aromatic rings. The Bertz CT molecular complexity index is 1550. The van der Waals surface area contributed by atoms with Crippen molar-refractivity contribution in [1.82, 2.24) is 14.9 Å². The van der Waals surface area contributed by atoms with Crippen LogP contribution in [-0.4, -0.2) is 54.7 Å². The van der Waals surface area contributed by atoms with Crippen LogP contribution < -0.4 is 9.46 Å². The van der Waals surface area contributed by atoms with Gasteiger partial charge in [0.2, 0.25) is 11.8 Å². The summed E-state index contributed by atoms with van der Waals surface area (Å²) in [5, 5.41) is 0. The zero-order chi connectivity index (χ0) is 32.8. The number of amides is 1. The molecule has 2 aromatic carbocycles. The summed E-state index contributed by atoms with van der Waals surface area (Å²) in [5.41, 5.74) is 3.73. The van der Waals surface area contributed by atoms with Gasteiger partial charge in [0, 0.05) is 24.7 Å². The summed E-state index contributed by atoms with van der Waals surface area (Å²) in [6.07, 6.45) is 2.52. The molecule has 4 bridgehead atoms. The monoisotopic (exact) mass is 624 g/mol. The highest BCUT2D eigenvalue weighted by atomic mass is 32.2. The molecule has 5 rings (SSSR count). The molecule has 0 spiro atoms. The molecule has 1 atom stereocenters. The fourth-order valence-electron chi connectivity index (χ4n) is 5.86. The molecule has 1 fully saturated rings. The number of sulfonamides is 1. The highest BCUT2D eigenvalue weighted by molar-refractivity contribution is 7.92. The van der Waals surface area contributed by atoms with Gasteiger partial charge in [-0.05, 0) is 73.8 Å². The van der Waals surface area contributed by atoms with E-state index in [4.69, 9.17) is 9.53 Å². The van der Waals surface area contributed by atoms with Crippen LogP contribution >= 0.6 is 0 Å². The van der Waals surface area contributed by atoms with E-state index in [1.54, 1.807) is 18.2 Å². The summed E-state index contributed by atoms with van der Waals surface area (Å²) in [7, 11) is -4.08. The number of hydrogen-bond acceptors (Lipinski definition) is 7. The Morgan fingerprint density at radius 2 is 1.64 bits per heavy atom. The number of nitrogens with one attached hydrogen (secondary N) is 1. The number of carbonyl (C=O) groups excluding carboxylic acids is 2. The number of rotatable bonds is 3. The van der Waals surface area contributed by atoms with Gasteiger partial charge in [0.15, 0.2) is 0 Å². The molecule has 0 unspecified atom stereocenters. The summed E-state index contributed by atoms with van der Waals surface area (Å²) < 4.78 is 35.8. The fourth-order valence-corrected chi connectivity index (χ4v) is 6.85. The van der Waals surface area contributed by atoms with Crippen molar-refractivity contribution in [2.45, 2.75) is 91.6 Å². The van der Waals surface area contributed by atoms with Crippen LogP contribution in [0.5, 0.6) is 5.88 Å². The molecule has 44 heavy (non-hydrogen) atoms. The number of hydrogen-bond donors (Lipinski definition) is 1. The van der Waals surface area contributed by atoms with E-state index in [0.29, 0.717) is 23.6 Å². The van der Waals surface area contributed by atoms with Gasteiger partial charge in [-0.1, -0.05) is 65.8 Å². The molecule has 0 saturated heterocycles. The first-order chi connectivity index (χ1) is 20.8. The summed E-state index contributed by atoms with van der Waals surface area (Å²) in [6, 6.07) is 13.8. The molecule has 1 aliphatic carbocycles. The van der Waals surface area contributed by atoms with Gasteiger partial charge >= 0.3 is 0 Å². The molecular formula is C34H48N4O5S. The first kappa shape index (κ1) is 34.7. The van der Waals surface area contributed by atoms with Gasteiger partial charge < -0.3 is 14.4 Å². The number of anilines is 1. The van der Waals surface area contributed by atoms with Crippen molar-refractivity contribution >= 4 is 28.7 Å². The largest absolute Gasteiger partial charge is 0.475 e. The van der Waals surface area contributed by atoms with E-state index in [-0.39, 0.29) is 48.2 Å². The van der Waals surface area contributed by atoms with E-state index >= 15 is 0 Å². The van der Waals surface area contributed by atoms with E-state index in [2.05, 4.69) is 42.4 Å². The maximum atomic E-state index is 14.1. The van der Waals surface area contributed by atoms with Crippen LogP contribution in [0.15, 0.2) is 53.4 Å². The Kier molecular flexibility index (Phi) is 11.3. The minimum atomic E-state index is -4.08. The molecule has 1 N–H and O–H groups in total. The van der Waals surface area contributed by atoms with E-state index in [1.807, 2.05) is 57.6 Å². The Morgan fingerprint density at radius 3 is 2.23 bits per heavy atom. The van der Waals surface area contributed by atoms with Gasteiger partial charge in [-0.3, -0.25) is 4.79 Å². The van der Waals surface area contributed by atoms with Gasteiger partial charge in [-0.2, -0.15) is 4.98 Å². The second-order valence-corrected chi connectivity index (χ2v) is 14.2. The van der Waals surface area contributed by atoms with Gasteiger partial charge in [0.1, 0.15) is 13.4 Å². The third-order valence-electron chi connectivity index (χ3n) is 7.70. The third-order valence-corrected chi connectivity index (χ3v) is 9.02. The average Bonchev–Trinajstić information content (AvgIpc) is 2.96. The van der Waals surface area contributed by atoms with Crippen molar-refractivity contribution in [2.24, 2.45) is 11.3 Å². The third kappa shape index (κ3) is 8.02. The lowest BCUT2D eigenvalue weighted by molar-refractivity contribution is -0.0980. The molecule has 1 saturated carbocycles. The molecule has 0 radical (unpaired) electrons. The number of nitrogens with zero attached hydrogens (tertiary/aromatic N) is 3. The van der Waals surface area contributed by atoms with Gasteiger partial charge in [0.05, 0.1) is 16.6 Å². The van der Waals surface area contributed by atoms with E-state index in [1.165, 1.54) is 12.1 Å². The van der Waals surface area contributed by atoms with Crippen molar-refractivity contribution in [3.8, 4) is 17.1 Å². The zero-order valence-electron chi connectivity index (χ0n) is 27.2. The minimum absolute atomic E-state index is 0. The highest BCUT2D eigenvalue weighted by Gasteiger charge is 2.40. The number of fused-ring (bicyclic) bond motifs is 4. The Morgan fingerprint density at radius 1 is 1.02 bits per heavy atom. The average molecular weight is 625 g/mol. The first-order valence-corrected chi connectivity index (χ1v) is 16.6. The lowest BCUT2D eigenvalue weighted by Gasteiger charge is -2.46. The van der Waals surface area contributed by atoms with Crippen molar-refractivity contribution in [1.29, 1.82) is 0 Å². The Balaban J connectivity index is 0.00000136. The molecule has 2 aliphatic rings. The van der Waals surface area contributed by atoms with Crippen LogP contribution in [0.2, 0.25) is 0 Å². The maximum Gasteiger partial charge on any atom is 0.264 e. The predicted octanol–water partition coefficient (Wildman–Crippen LogP) is 7.09. The summed E-state index contributed by atoms with van der Waals surface area (Å²) >= 11 is 0. The summed E-state index contributed by atoms with van der Waals surface area (Å²) in [5.74, 6) is 0.520. The fraction of sp³-hybridized carbons (Fsp3) is 0.471. The quantitative estimate of drug-likeness (QED) is 0.331. The van der Waals surface area contributed by atoms with Gasteiger partial charge in [-0.15, -0.1) is 0 Å². The van der Waals surface area contributed by atoms with Crippen molar-refractivity contribution in [3.05, 3.63) is 65.2 Å². The number of benzene rings is 2. The Hall–Kier alpha value is -3.79. The molecule has 10 heteroatoms. The van der Waals surface area contributed by atoms with Crippen molar-refractivity contribution in [3.63, 3.8) is 0 Å². The number of aromatic nitrogens is 2. The van der Waals surface area contributed by atoms with E-state index in [0.717, 1.165) is 29.5 Å². The number of ether oxygens (including phenoxy) is 1. The molecule has 2 heterocycles. The predicted molar refractivity (Wildman–Crippen MR) is 176 cm³/mol. The maximum absolute atomic E-state index is 14.1. The second kappa shape index (κ2) is 14.3. The number of carbonyl (C=O) groups is 2. The van der Waals surface area contributed by atoms with Crippen LogP contribution in [0.1, 0.15) is 83.7 Å². The lowest BCUT2D eigenvalue weighted by atomic mass is 9.78. The molecule has 240 valence electrons. The summed E-state index contributed by atoms with van der Waals surface area (Å²) in [4.78, 5) is 33.1. The minimum Gasteiger partial charge on any atom is -0.475 e. The van der Waals surface area contributed by atoms with Crippen LogP contribution in [0, 0.1) is 25.2 Å². The van der Waals surface area contributed by atoms with Gasteiger partial charge in [0.25, 0.3) is 15.9 Å². The SMILES string of the molecule is C=O.CC.Cc1cccc(C)c1-c1cc2nc(n1)NS(=O)(=O)c1cccc(c1)C(=O)N(C1CC(C)C1)[C@H](CC(C)(C)C)CO2.[HH]. The molecule has 9 nitrogen and oxygen atoms in total.